The fraction of sp³-hybridized carbons (Fsp3) is 0.250. The van der Waals surface area contributed by atoms with Crippen LogP contribution in [0.3, 0.4) is 0 Å². The summed E-state index contributed by atoms with van der Waals surface area (Å²) in [6.45, 7) is 0.330. The molecule has 1 aromatic rings. The van der Waals surface area contributed by atoms with Crippen LogP contribution in [-0.2, 0) is 4.74 Å². The molecule has 2 heterocycles. The molecule has 5 heteroatoms. The molecule has 0 spiro atoms. The number of nitrogens with zero attached hydrogens (tertiary/aromatic N) is 3. The van der Waals surface area contributed by atoms with Crippen molar-refractivity contribution < 1.29 is 9.94 Å². The maximum Gasteiger partial charge on any atom is 0.120 e. The third-order valence-corrected chi connectivity index (χ3v) is 1.87. The van der Waals surface area contributed by atoms with E-state index in [9.17, 15) is 5.21 Å². The van der Waals surface area contributed by atoms with E-state index in [1.807, 2.05) is 0 Å². The highest BCUT2D eigenvalue weighted by molar-refractivity contribution is 5.67. The van der Waals surface area contributed by atoms with E-state index in [1.54, 1.807) is 19.4 Å². The summed E-state index contributed by atoms with van der Waals surface area (Å²) in [4.78, 5) is 7.82. The fourth-order valence-electron chi connectivity index (χ4n) is 1.20. The average Bonchev–Trinajstić information content (AvgIpc) is 2.18. The van der Waals surface area contributed by atoms with Crippen LogP contribution in [0.2, 0.25) is 0 Å². The molecule has 68 valence electrons. The Balaban J connectivity index is 2.46. The van der Waals surface area contributed by atoms with Crippen LogP contribution < -0.4 is 5.06 Å². The van der Waals surface area contributed by atoms with E-state index in [1.165, 1.54) is 6.33 Å². The summed E-state index contributed by atoms with van der Waals surface area (Å²) in [5.74, 6) is 0.675. The van der Waals surface area contributed by atoms with Crippen LogP contribution in [0.1, 0.15) is 5.69 Å². The Bertz CT molecular complexity index is 351. The number of hydrogen-bond acceptors (Lipinski definition) is 5. The lowest BCUT2D eigenvalue weighted by atomic mass is 10.2. The van der Waals surface area contributed by atoms with E-state index in [0.717, 1.165) is 5.06 Å². The van der Waals surface area contributed by atoms with Crippen molar-refractivity contribution in [3.8, 4) is 0 Å². The van der Waals surface area contributed by atoms with Gasteiger partial charge in [-0.3, -0.25) is 5.21 Å². The SMILES string of the molecule is COC1=Cc2ncncc2N(O)C1. The van der Waals surface area contributed by atoms with Gasteiger partial charge in [0.2, 0.25) is 0 Å². The lowest BCUT2D eigenvalue weighted by Gasteiger charge is -2.23. The van der Waals surface area contributed by atoms with Gasteiger partial charge >= 0.3 is 0 Å². The minimum atomic E-state index is 0.330. The second-order valence-corrected chi connectivity index (χ2v) is 2.67. The normalized spacial score (nSPS) is 14.9. The summed E-state index contributed by atoms with van der Waals surface area (Å²) in [7, 11) is 1.56. The van der Waals surface area contributed by atoms with Crippen LogP contribution >= 0.6 is 0 Å². The van der Waals surface area contributed by atoms with Gasteiger partial charge in [0.1, 0.15) is 24.3 Å². The molecule has 0 amide bonds. The molecule has 0 unspecified atom stereocenters. The fourth-order valence-corrected chi connectivity index (χ4v) is 1.20. The zero-order valence-corrected chi connectivity index (χ0v) is 7.14. The minimum absolute atomic E-state index is 0.330. The molecule has 1 aromatic heterocycles. The summed E-state index contributed by atoms with van der Waals surface area (Å²) < 4.78 is 5.02. The van der Waals surface area contributed by atoms with E-state index >= 15 is 0 Å². The van der Waals surface area contributed by atoms with Gasteiger partial charge in [0.25, 0.3) is 0 Å². The van der Waals surface area contributed by atoms with E-state index in [4.69, 9.17) is 4.74 Å². The second-order valence-electron chi connectivity index (χ2n) is 2.67. The Hall–Kier alpha value is -1.62. The number of hydrogen-bond donors (Lipinski definition) is 1. The van der Waals surface area contributed by atoms with Crippen LogP contribution in [0.25, 0.3) is 6.08 Å². The highest BCUT2D eigenvalue weighted by Gasteiger charge is 2.17. The first-order chi connectivity index (χ1) is 6.31. The molecule has 1 N–H and O–H groups in total. The first-order valence-corrected chi connectivity index (χ1v) is 3.82. The molecule has 0 aliphatic carbocycles. The van der Waals surface area contributed by atoms with E-state index in [2.05, 4.69) is 9.97 Å². The molecule has 0 atom stereocenters. The van der Waals surface area contributed by atoms with Crippen molar-refractivity contribution in [1.29, 1.82) is 0 Å². The molecule has 0 radical (unpaired) electrons. The molecular formula is C8H9N3O2. The molecule has 2 rings (SSSR count). The Morgan fingerprint density at radius 1 is 1.62 bits per heavy atom. The van der Waals surface area contributed by atoms with Gasteiger partial charge < -0.3 is 4.74 Å². The second kappa shape index (κ2) is 3.02. The third-order valence-electron chi connectivity index (χ3n) is 1.87. The standard InChI is InChI=1S/C8H9N3O2/c1-13-6-2-7-8(11(12)4-6)3-9-5-10-7/h2-3,5,12H,4H2,1H3. The molecule has 0 saturated heterocycles. The van der Waals surface area contributed by atoms with Gasteiger partial charge in [0.05, 0.1) is 19.0 Å². The topological polar surface area (TPSA) is 58.5 Å². The van der Waals surface area contributed by atoms with Gasteiger partial charge in [-0.15, -0.1) is 0 Å². The Kier molecular flexibility index (Phi) is 1.86. The van der Waals surface area contributed by atoms with Crippen molar-refractivity contribution in [2.45, 2.75) is 0 Å². The number of hydroxylamine groups is 1. The van der Waals surface area contributed by atoms with Crippen LogP contribution in [0, 0.1) is 0 Å². The third kappa shape index (κ3) is 1.33. The molecule has 0 saturated carbocycles. The number of fused-ring (bicyclic) bond motifs is 1. The van der Waals surface area contributed by atoms with Crippen molar-refractivity contribution in [1.82, 2.24) is 9.97 Å². The smallest absolute Gasteiger partial charge is 0.120 e. The molecule has 0 aromatic carbocycles. The number of anilines is 1. The van der Waals surface area contributed by atoms with Gasteiger partial charge in [-0.1, -0.05) is 0 Å². The summed E-state index contributed by atoms with van der Waals surface area (Å²) in [6.07, 6.45) is 4.77. The van der Waals surface area contributed by atoms with E-state index in [-0.39, 0.29) is 0 Å². The molecule has 0 fully saturated rings. The molecule has 1 aliphatic heterocycles. The maximum absolute atomic E-state index is 9.50. The van der Waals surface area contributed by atoms with Crippen molar-refractivity contribution in [3.05, 3.63) is 24.0 Å². The minimum Gasteiger partial charge on any atom is -0.499 e. The predicted octanol–water partition coefficient (Wildman–Crippen LogP) is 0.673. The molecule has 0 bridgehead atoms. The molecular weight excluding hydrogens is 170 g/mol. The van der Waals surface area contributed by atoms with Gasteiger partial charge in [-0.2, -0.15) is 0 Å². The molecule has 5 nitrogen and oxygen atoms in total. The lowest BCUT2D eigenvalue weighted by Crippen LogP contribution is -2.25. The summed E-state index contributed by atoms with van der Waals surface area (Å²) in [5.41, 5.74) is 1.27. The number of aromatic nitrogens is 2. The quantitative estimate of drug-likeness (QED) is 0.686. The Labute approximate surface area is 75.3 Å². The van der Waals surface area contributed by atoms with E-state index < -0.39 is 0 Å². The Morgan fingerprint density at radius 3 is 3.23 bits per heavy atom. The number of methoxy groups -OCH3 is 1. The number of ether oxygens (including phenoxy) is 1. The Morgan fingerprint density at radius 2 is 2.46 bits per heavy atom. The monoisotopic (exact) mass is 179 g/mol. The summed E-state index contributed by atoms with van der Waals surface area (Å²) in [6, 6.07) is 0. The largest absolute Gasteiger partial charge is 0.499 e. The van der Waals surface area contributed by atoms with Crippen LogP contribution in [0.5, 0.6) is 0 Å². The highest BCUT2D eigenvalue weighted by Crippen LogP contribution is 2.24. The first-order valence-electron chi connectivity index (χ1n) is 3.82. The van der Waals surface area contributed by atoms with Crippen molar-refractivity contribution >= 4 is 11.8 Å². The van der Waals surface area contributed by atoms with E-state index in [0.29, 0.717) is 23.7 Å². The van der Waals surface area contributed by atoms with Crippen LogP contribution in [-0.4, -0.2) is 28.8 Å². The number of rotatable bonds is 1. The molecule has 1 aliphatic rings. The zero-order valence-electron chi connectivity index (χ0n) is 7.14. The predicted molar refractivity (Wildman–Crippen MR) is 46.2 cm³/mol. The van der Waals surface area contributed by atoms with Gasteiger partial charge in [-0.25, -0.2) is 15.0 Å². The zero-order chi connectivity index (χ0) is 9.26. The van der Waals surface area contributed by atoms with Gasteiger partial charge in [-0.05, 0) is 0 Å². The van der Waals surface area contributed by atoms with Gasteiger partial charge in [0.15, 0.2) is 0 Å². The van der Waals surface area contributed by atoms with Gasteiger partial charge in [0, 0.05) is 6.08 Å². The summed E-state index contributed by atoms with van der Waals surface area (Å²) in [5, 5.41) is 10.6. The molecule has 13 heavy (non-hydrogen) atoms. The maximum atomic E-state index is 9.50. The van der Waals surface area contributed by atoms with Crippen LogP contribution in [0.4, 0.5) is 5.69 Å². The highest BCUT2D eigenvalue weighted by atomic mass is 16.5. The van der Waals surface area contributed by atoms with Crippen LogP contribution in [0.15, 0.2) is 18.3 Å². The summed E-state index contributed by atoms with van der Waals surface area (Å²) >= 11 is 0. The van der Waals surface area contributed by atoms with Crippen molar-refractivity contribution in [2.24, 2.45) is 0 Å². The van der Waals surface area contributed by atoms with Crippen molar-refractivity contribution in [3.63, 3.8) is 0 Å². The lowest BCUT2D eigenvalue weighted by molar-refractivity contribution is 0.219. The average molecular weight is 179 g/mol. The first kappa shape index (κ1) is 8.00. The van der Waals surface area contributed by atoms with Crippen molar-refractivity contribution in [2.75, 3.05) is 18.7 Å².